The van der Waals surface area contributed by atoms with Gasteiger partial charge < -0.3 is 14.8 Å². The molecule has 1 atom stereocenters. The summed E-state index contributed by atoms with van der Waals surface area (Å²) < 4.78 is 36.1. The van der Waals surface area contributed by atoms with E-state index in [0.29, 0.717) is 18.0 Å². The molecule has 0 heterocycles. The first-order valence-electron chi connectivity index (χ1n) is 9.30. The molecular weight excluding hydrogens is 392 g/mol. The molecule has 0 spiro atoms. The number of methoxy groups -OCH3 is 2. The predicted molar refractivity (Wildman–Crippen MR) is 114 cm³/mol. The van der Waals surface area contributed by atoms with Crippen molar-refractivity contribution in [2.45, 2.75) is 25.8 Å². The smallest absolute Gasteiger partial charge is 0.243 e. The lowest BCUT2D eigenvalue weighted by atomic mass is 10.1. The molecule has 0 aliphatic carbocycles. The van der Waals surface area contributed by atoms with Crippen LogP contribution in [-0.4, -0.2) is 47.4 Å². The number of nitrogens with zero attached hydrogens (tertiary/aromatic N) is 1. The van der Waals surface area contributed by atoms with E-state index in [0.717, 1.165) is 34.7 Å². The fraction of sp³-hybridized carbons (Fsp3) is 0.381. The second-order valence-electron chi connectivity index (χ2n) is 6.68. The van der Waals surface area contributed by atoms with Crippen LogP contribution in [0.25, 0.3) is 0 Å². The number of nitrogens with one attached hydrogen (secondary N) is 1. The molecule has 0 bridgehead atoms. The van der Waals surface area contributed by atoms with Crippen molar-refractivity contribution in [1.82, 2.24) is 5.32 Å². The van der Waals surface area contributed by atoms with E-state index < -0.39 is 16.1 Å². The summed E-state index contributed by atoms with van der Waals surface area (Å²) in [5, 5.41) is 2.83. The van der Waals surface area contributed by atoms with Gasteiger partial charge in [-0.1, -0.05) is 18.2 Å². The summed E-state index contributed by atoms with van der Waals surface area (Å²) in [5.74, 6) is 0.963. The first kappa shape index (κ1) is 22.5. The topological polar surface area (TPSA) is 84.9 Å². The molecular formula is C21H28N2O5S. The maximum atomic E-state index is 12.6. The number of carbonyl (C=O) groups excluding carboxylic acids is 1. The summed E-state index contributed by atoms with van der Waals surface area (Å²) in [6.07, 6.45) is 2.62. The minimum absolute atomic E-state index is 0.354. The number of hydrogen-bond acceptors (Lipinski definition) is 5. The van der Waals surface area contributed by atoms with Gasteiger partial charge in [0.25, 0.3) is 0 Å². The third-order valence-electron chi connectivity index (χ3n) is 4.50. The summed E-state index contributed by atoms with van der Waals surface area (Å²) in [5.41, 5.74) is 1.52. The van der Waals surface area contributed by atoms with Crippen LogP contribution in [0.15, 0.2) is 48.5 Å². The Morgan fingerprint density at radius 1 is 1.07 bits per heavy atom. The first-order valence-corrected chi connectivity index (χ1v) is 11.1. The molecule has 7 nitrogen and oxygen atoms in total. The SMILES string of the molecule is COc1ccc(CCCNC(=O)[C@@H](C)N(c2cccc(OC)c2)S(C)(=O)=O)cc1. The standard InChI is InChI=1S/C21H28N2O5S/c1-16(23(29(4,25)26)18-8-5-9-20(15-18)28-3)21(24)22-14-6-7-17-10-12-19(27-2)13-11-17/h5,8-13,15-16H,6-7,14H2,1-4H3,(H,22,24)/t16-/m1/s1. The highest BCUT2D eigenvalue weighted by atomic mass is 32.2. The number of rotatable bonds is 10. The molecule has 1 N–H and O–H groups in total. The van der Waals surface area contributed by atoms with Gasteiger partial charge in [0.2, 0.25) is 15.9 Å². The molecule has 0 unspecified atom stereocenters. The Morgan fingerprint density at radius 3 is 2.31 bits per heavy atom. The zero-order valence-corrected chi connectivity index (χ0v) is 18.0. The number of amides is 1. The molecule has 2 aromatic rings. The summed E-state index contributed by atoms with van der Waals surface area (Å²) in [6.45, 7) is 2.02. The molecule has 29 heavy (non-hydrogen) atoms. The average Bonchev–Trinajstić information content (AvgIpc) is 2.70. The summed E-state index contributed by atoms with van der Waals surface area (Å²) in [7, 11) is -0.537. The van der Waals surface area contributed by atoms with Gasteiger partial charge in [0.15, 0.2) is 0 Å². The van der Waals surface area contributed by atoms with Gasteiger partial charge in [0.05, 0.1) is 26.2 Å². The highest BCUT2D eigenvalue weighted by molar-refractivity contribution is 7.92. The van der Waals surface area contributed by atoms with E-state index in [-0.39, 0.29) is 5.91 Å². The third-order valence-corrected chi connectivity index (χ3v) is 5.74. The van der Waals surface area contributed by atoms with Gasteiger partial charge in [0.1, 0.15) is 17.5 Å². The van der Waals surface area contributed by atoms with E-state index in [9.17, 15) is 13.2 Å². The van der Waals surface area contributed by atoms with E-state index in [1.165, 1.54) is 7.11 Å². The maximum absolute atomic E-state index is 12.6. The quantitative estimate of drug-likeness (QED) is 0.597. The highest BCUT2D eigenvalue weighted by Gasteiger charge is 2.29. The molecule has 1 amide bonds. The third kappa shape index (κ3) is 6.39. The first-order chi connectivity index (χ1) is 13.8. The van der Waals surface area contributed by atoms with E-state index in [4.69, 9.17) is 9.47 Å². The minimum Gasteiger partial charge on any atom is -0.497 e. The molecule has 0 saturated heterocycles. The van der Waals surface area contributed by atoms with Gasteiger partial charge in [-0.2, -0.15) is 0 Å². The van der Waals surface area contributed by atoms with Crippen LogP contribution in [-0.2, 0) is 21.2 Å². The van der Waals surface area contributed by atoms with Crippen molar-refractivity contribution in [2.75, 3.05) is 31.3 Å². The molecule has 2 rings (SSSR count). The highest BCUT2D eigenvalue weighted by Crippen LogP contribution is 2.25. The summed E-state index contributed by atoms with van der Waals surface area (Å²) >= 11 is 0. The number of carbonyl (C=O) groups is 1. The van der Waals surface area contributed by atoms with Crippen LogP contribution in [0.2, 0.25) is 0 Å². The van der Waals surface area contributed by atoms with Crippen LogP contribution in [0.3, 0.4) is 0 Å². The van der Waals surface area contributed by atoms with Crippen LogP contribution >= 0.6 is 0 Å². The zero-order chi connectivity index (χ0) is 21.4. The van der Waals surface area contributed by atoms with Crippen LogP contribution in [0.5, 0.6) is 11.5 Å². The Hall–Kier alpha value is -2.74. The lowest BCUT2D eigenvalue weighted by molar-refractivity contribution is -0.121. The molecule has 0 radical (unpaired) electrons. The van der Waals surface area contributed by atoms with Crippen LogP contribution in [0.1, 0.15) is 18.9 Å². The molecule has 0 saturated carbocycles. The van der Waals surface area contributed by atoms with Gasteiger partial charge in [-0.3, -0.25) is 9.10 Å². The van der Waals surface area contributed by atoms with Crippen LogP contribution < -0.4 is 19.1 Å². The van der Waals surface area contributed by atoms with Crippen LogP contribution in [0, 0.1) is 0 Å². The Morgan fingerprint density at radius 2 is 1.72 bits per heavy atom. The van der Waals surface area contributed by atoms with E-state index in [1.807, 2.05) is 24.3 Å². The van der Waals surface area contributed by atoms with Gasteiger partial charge in [0, 0.05) is 12.6 Å². The second kappa shape index (κ2) is 10.2. The Bertz CT molecular complexity index is 913. The Balaban J connectivity index is 1.97. The van der Waals surface area contributed by atoms with Crippen molar-refractivity contribution in [1.29, 1.82) is 0 Å². The van der Waals surface area contributed by atoms with Gasteiger partial charge in [-0.25, -0.2) is 8.42 Å². The number of ether oxygens (including phenoxy) is 2. The van der Waals surface area contributed by atoms with E-state index in [2.05, 4.69) is 5.32 Å². The van der Waals surface area contributed by atoms with Crippen molar-refractivity contribution in [3.8, 4) is 11.5 Å². The largest absolute Gasteiger partial charge is 0.497 e. The molecule has 0 aromatic heterocycles. The summed E-state index contributed by atoms with van der Waals surface area (Å²) in [4.78, 5) is 12.6. The fourth-order valence-electron chi connectivity index (χ4n) is 3.00. The van der Waals surface area contributed by atoms with Gasteiger partial charge >= 0.3 is 0 Å². The number of sulfonamides is 1. The lowest BCUT2D eigenvalue weighted by Crippen LogP contribution is -2.48. The number of benzene rings is 2. The number of aryl methyl sites for hydroxylation is 1. The van der Waals surface area contributed by atoms with Crippen molar-refractivity contribution in [2.24, 2.45) is 0 Å². The molecule has 2 aromatic carbocycles. The van der Waals surface area contributed by atoms with Crippen LogP contribution in [0.4, 0.5) is 5.69 Å². The van der Waals surface area contributed by atoms with E-state index in [1.54, 1.807) is 38.3 Å². The predicted octanol–water partition coefficient (Wildman–Crippen LogP) is 2.61. The second-order valence-corrected chi connectivity index (χ2v) is 8.54. The fourth-order valence-corrected chi connectivity index (χ4v) is 4.17. The molecule has 8 heteroatoms. The van der Waals surface area contributed by atoms with Crippen molar-refractivity contribution < 1.29 is 22.7 Å². The minimum atomic E-state index is -3.66. The Labute approximate surface area is 172 Å². The average molecular weight is 421 g/mol. The molecule has 0 aliphatic heterocycles. The van der Waals surface area contributed by atoms with Crippen molar-refractivity contribution in [3.63, 3.8) is 0 Å². The summed E-state index contributed by atoms with van der Waals surface area (Å²) in [6, 6.07) is 13.5. The lowest BCUT2D eigenvalue weighted by Gasteiger charge is -2.28. The molecule has 0 fully saturated rings. The normalized spacial score (nSPS) is 12.1. The number of hydrogen-bond donors (Lipinski definition) is 1. The number of anilines is 1. The monoisotopic (exact) mass is 420 g/mol. The van der Waals surface area contributed by atoms with Crippen molar-refractivity contribution in [3.05, 3.63) is 54.1 Å². The zero-order valence-electron chi connectivity index (χ0n) is 17.2. The maximum Gasteiger partial charge on any atom is 0.243 e. The molecule has 158 valence electrons. The van der Waals surface area contributed by atoms with E-state index >= 15 is 0 Å². The Kier molecular flexibility index (Phi) is 7.90. The van der Waals surface area contributed by atoms with Crippen molar-refractivity contribution >= 4 is 21.6 Å². The van der Waals surface area contributed by atoms with Gasteiger partial charge in [-0.05, 0) is 49.6 Å². The molecule has 0 aliphatic rings. The van der Waals surface area contributed by atoms with Gasteiger partial charge in [-0.15, -0.1) is 0 Å².